The van der Waals surface area contributed by atoms with Gasteiger partial charge in [-0.25, -0.2) is 14.8 Å². The Morgan fingerprint density at radius 1 is 1.09 bits per heavy atom. The number of piperazine rings is 1. The molecule has 2 aromatic carbocycles. The number of nitrogens with two attached hydrogens (primary N) is 1. The number of ether oxygens (including phenoxy) is 3. The van der Waals surface area contributed by atoms with Gasteiger partial charge in [-0.15, -0.1) is 0 Å². The number of hydrogen-bond acceptors (Lipinski definition) is 9. The minimum atomic E-state index is -4.52. The molecular formula is C31H39F3N6O4. The summed E-state index contributed by atoms with van der Waals surface area (Å²) in [6.07, 6.45) is -4.25. The summed E-state index contributed by atoms with van der Waals surface area (Å²) in [5.74, 6) is 1.57. The van der Waals surface area contributed by atoms with E-state index in [1.807, 2.05) is 32.9 Å². The Morgan fingerprint density at radius 3 is 2.45 bits per heavy atom. The van der Waals surface area contributed by atoms with E-state index in [0.717, 1.165) is 24.2 Å². The normalized spacial score (nSPS) is 18.4. The molecule has 0 bridgehead atoms. The van der Waals surface area contributed by atoms with E-state index in [4.69, 9.17) is 19.9 Å². The Balaban J connectivity index is 1.46. The van der Waals surface area contributed by atoms with Gasteiger partial charge in [0.15, 0.2) is 0 Å². The van der Waals surface area contributed by atoms with Crippen LogP contribution in [0.4, 0.5) is 35.2 Å². The number of fused-ring (bicyclic) bond motifs is 1. The molecule has 13 heteroatoms. The van der Waals surface area contributed by atoms with Gasteiger partial charge in [-0.2, -0.15) is 13.2 Å². The van der Waals surface area contributed by atoms with Crippen LogP contribution in [0.15, 0.2) is 30.3 Å². The number of amides is 1. The Labute approximate surface area is 254 Å². The summed E-state index contributed by atoms with van der Waals surface area (Å²) >= 11 is 0. The fourth-order valence-corrected chi connectivity index (χ4v) is 5.33. The second-order valence-corrected chi connectivity index (χ2v) is 12.3. The average Bonchev–Trinajstić information content (AvgIpc) is 3.44. The summed E-state index contributed by atoms with van der Waals surface area (Å²) in [5, 5.41) is 3.94. The van der Waals surface area contributed by atoms with Gasteiger partial charge in [0.2, 0.25) is 0 Å². The Kier molecular flexibility index (Phi) is 8.70. The van der Waals surface area contributed by atoms with E-state index < -0.39 is 23.4 Å². The van der Waals surface area contributed by atoms with Gasteiger partial charge in [0.25, 0.3) is 0 Å². The highest BCUT2D eigenvalue weighted by Crippen LogP contribution is 2.39. The number of hydrogen-bond donors (Lipinski definition) is 2. The van der Waals surface area contributed by atoms with Crippen molar-refractivity contribution >= 4 is 34.2 Å². The van der Waals surface area contributed by atoms with Crippen LogP contribution in [0.1, 0.15) is 57.1 Å². The van der Waals surface area contributed by atoms with Crippen molar-refractivity contribution in [2.45, 2.75) is 65.0 Å². The first-order chi connectivity index (χ1) is 20.7. The number of carbonyl (C=O) groups excluding carboxylic acids is 1. The molecule has 0 unspecified atom stereocenters. The first kappa shape index (κ1) is 31.4. The first-order valence-electron chi connectivity index (χ1n) is 14.7. The third-order valence-electron chi connectivity index (χ3n) is 7.50. The molecule has 5 rings (SSSR count). The molecule has 3 aromatic rings. The van der Waals surface area contributed by atoms with Crippen molar-refractivity contribution in [2.75, 3.05) is 55.3 Å². The lowest BCUT2D eigenvalue weighted by molar-refractivity contribution is -0.137. The largest absolute Gasteiger partial charge is 0.486 e. The van der Waals surface area contributed by atoms with E-state index in [-0.39, 0.29) is 17.9 Å². The van der Waals surface area contributed by atoms with Gasteiger partial charge in [-0.1, -0.05) is 0 Å². The van der Waals surface area contributed by atoms with Crippen LogP contribution in [0.5, 0.6) is 5.75 Å². The zero-order valence-corrected chi connectivity index (χ0v) is 25.6. The third-order valence-corrected chi connectivity index (χ3v) is 7.50. The lowest BCUT2D eigenvalue weighted by Crippen LogP contribution is -2.50. The molecule has 0 saturated carbocycles. The number of aryl methyl sites for hydroxylation is 1. The molecule has 3 heterocycles. The quantitative estimate of drug-likeness (QED) is 0.325. The average molecular weight is 617 g/mol. The van der Waals surface area contributed by atoms with E-state index in [0.29, 0.717) is 73.3 Å². The van der Waals surface area contributed by atoms with Crippen molar-refractivity contribution in [1.82, 2.24) is 14.9 Å². The number of nitrogens with one attached hydrogen (secondary N) is 1. The number of halogens is 3. The summed E-state index contributed by atoms with van der Waals surface area (Å²) < 4.78 is 58.0. The topological polar surface area (TPSA) is 115 Å². The number of alkyl halides is 3. The molecule has 1 amide bonds. The summed E-state index contributed by atoms with van der Waals surface area (Å²) in [6, 6.07) is 6.80. The van der Waals surface area contributed by atoms with Crippen LogP contribution >= 0.6 is 0 Å². The molecule has 3 N–H and O–H groups in total. The number of carbonyl (C=O) groups is 1. The van der Waals surface area contributed by atoms with Gasteiger partial charge in [-0.3, -0.25) is 0 Å². The maximum atomic E-state index is 13.5. The highest BCUT2D eigenvalue weighted by Gasteiger charge is 2.32. The van der Waals surface area contributed by atoms with Crippen molar-refractivity contribution in [2.24, 2.45) is 0 Å². The number of anilines is 3. The zero-order valence-electron chi connectivity index (χ0n) is 25.6. The molecule has 0 radical (unpaired) electrons. The Hall–Kier alpha value is -4.00. The number of aromatic nitrogens is 2. The molecule has 0 aliphatic carbocycles. The van der Waals surface area contributed by atoms with Crippen molar-refractivity contribution in [3.63, 3.8) is 0 Å². The minimum absolute atomic E-state index is 0.0260. The van der Waals surface area contributed by atoms with Gasteiger partial charge in [0.1, 0.15) is 29.1 Å². The molecule has 2 fully saturated rings. The standard InChI is InChI=1S/C31H39F3N6O4/c1-18(20-12-21(31(32,33)34)14-22(35)13-20)36-28-24-15-27(43-23-6-11-42-17-23)26(16-25(24)37-19(2)38-28)39-7-9-40(10-8-39)29(41)44-30(3,4)5/h12-16,18,23H,6-11,17,35H2,1-5H3,(H,36,37,38)/t18-,23+/m1/s1. The third kappa shape index (κ3) is 7.37. The van der Waals surface area contributed by atoms with Crippen LogP contribution in [-0.4, -0.2) is 72.1 Å². The van der Waals surface area contributed by atoms with Crippen molar-refractivity contribution in [3.05, 3.63) is 47.3 Å². The fourth-order valence-electron chi connectivity index (χ4n) is 5.33. The lowest BCUT2D eigenvalue weighted by Gasteiger charge is -2.37. The highest BCUT2D eigenvalue weighted by atomic mass is 19.4. The van der Waals surface area contributed by atoms with E-state index in [1.54, 1.807) is 18.7 Å². The predicted octanol–water partition coefficient (Wildman–Crippen LogP) is 5.94. The second-order valence-electron chi connectivity index (χ2n) is 12.3. The van der Waals surface area contributed by atoms with Crippen LogP contribution in [0.25, 0.3) is 10.9 Å². The van der Waals surface area contributed by atoms with E-state index in [1.165, 1.54) is 6.07 Å². The molecule has 2 aliphatic heterocycles. The van der Waals surface area contributed by atoms with E-state index in [2.05, 4.69) is 20.2 Å². The Bertz CT molecular complexity index is 1510. The van der Waals surface area contributed by atoms with E-state index >= 15 is 0 Å². The minimum Gasteiger partial charge on any atom is -0.486 e. The number of benzene rings is 2. The molecule has 1 aromatic heterocycles. The number of nitrogens with zero attached hydrogens (tertiary/aromatic N) is 4. The maximum absolute atomic E-state index is 13.5. The molecule has 2 aliphatic rings. The Morgan fingerprint density at radius 2 is 1.82 bits per heavy atom. The van der Waals surface area contributed by atoms with E-state index in [9.17, 15) is 18.0 Å². The van der Waals surface area contributed by atoms with Crippen molar-refractivity contribution < 1.29 is 32.2 Å². The zero-order chi connectivity index (χ0) is 31.8. The summed E-state index contributed by atoms with van der Waals surface area (Å²) in [7, 11) is 0. The fraction of sp³-hybridized carbons (Fsp3) is 0.516. The predicted molar refractivity (Wildman–Crippen MR) is 162 cm³/mol. The van der Waals surface area contributed by atoms with Crippen LogP contribution in [0.3, 0.4) is 0 Å². The van der Waals surface area contributed by atoms with Gasteiger partial charge < -0.3 is 35.1 Å². The van der Waals surface area contributed by atoms with Gasteiger partial charge >= 0.3 is 12.3 Å². The first-order valence-corrected chi connectivity index (χ1v) is 14.7. The number of rotatable bonds is 6. The van der Waals surface area contributed by atoms with Crippen LogP contribution < -0.4 is 20.7 Å². The number of nitrogen functional groups attached to an aromatic ring is 1. The van der Waals surface area contributed by atoms with Crippen molar-refractivity contribution in [1.29, 1.82) is 0 Å². The SMILES string of the molecule is Cc1nc(N[C@H](C)c2cc(N)cc(C(F)(F)F)c2)c2cc(O[C@H]3CCOC3)c(N3CCN(C(=O)OC(C)(C)C)CC3)cc2n1. The van der Waals surface area contributed by atoms with Gasteiger partial charge in [0.05, 0.1) is 36.0 Å². The molecule has 2 saturated heterocycles. The van der Waals surface area contributed by atoms with Crippen LogP contribution in [0.2, 0.25) is 0 Å². The van der Waals surface area contributed by atoms with Crippen molar-refractivity contribution in [3.8, 4) is 5.75 Å². The van der Waals surface area contributed by atoms with Crippen LogP contribution in [-0.2, 0) is 15.7 Å². The molecular weight excluding hydrogens is 577 g/mol. The van der Waals surface area contributed by atoms with Gasteiger partial charge in [-0.05, 0) is 70.5 Å². The summed E-state index contributed by atoms with van der Waals surface area (Å²) in [6.45, 7) is 12.2. The maximum Gasteiger partial charge on any atom is 0.416 e. The smallest absolute Gasteiger partial charge is 0.416 e. The molecule has 0 spiro atoms. The molecule has 44 heavy (non-hydrogen) atoms. The van der Waals surface area contributed by atoms with Crippen LogP contribution in [0, 0.1) is 6.92 Å². The monoisotopic (exact) mass is 616 g/mol. The lowest BCUT2D eigenvalue weighted by atomic mass is 10.0. The summed E-state index contributed by atoms with van der Waals surface area (Å²) in [4.78, 5) is 25.8. The second kappa shape index (κ2) is 12.2. The highest BCUT2D eigenvalue weighted by molar-refractivity contribution is 5.94. The molecule has 2 atom stereocenters. The molecule has 10 nitrogen and oxygen atoms in total. The van der Waals surface area contributed by atoms with Gasteiger partial charge in [0, 0.05) is 43.7 Å². The molecule has 238 valence electrons. The summed E-state index contributed by atoms with van der Waals surface area (Å²) in [5.41, 5.74) is 6.32.